The Balaban J connectivity index is 1.90. The number of aromatic carboxylic acids is 1. The molecule has 0 bridgehead atoms. The van der Waals surface area contributed by atoms with Crippen molar-refractivity contribution in [2.45, 2.75) is 18.9 Å². The summed E-state index contributed by atoms with van der Waals surface area (Å²) < 4.78 is 11.4. The quantitative estimate of drug-likeness (QED) is 0.612. The predicted octanol–water partition coefficient (Wildman–Crippen LogP) is 3.84. The number of hydrogen-bond acceptors (Lipinski definition) is 4. The summed E-state index contributed by atoms with van der Waals surface area (Å²) in [5.74, 6) is -1.15. The second kappa shape index (κ2) is 9.08. The van der Waals surface area contributed by atoms with Gasteiger partial charge in [-0.25, -0.2) is 9.59 Å². The number of carboxylic acids is 2. The van der Waals surface area contributed by atoms with E-state index < -0.39 is 18.0 Å². The summed E-state index contributed by atoms with van der Waals surface area (Å²) in [5.41, 5.74) is 0.0855. The largest absolute Gasteiger partial charge is 0.494 e. The number of carboxylic acid groups (broad SMARTS) is 2. The van der Waals surface area contributed by atoms with Gasteiger partial charge in [-0.05, 0) is 59.1 Å². The SMILES string of the molecule is O=C(O)c1ccc(OC(CCCOc2ccccc2)C(=O)O)c(Br)c1. The van der Waals surface area contributed by atoms with Crippen LogP contribution in [0.1, 0.15) is 23.2 Å². The van der Waals surface area contributed by atoms with Crippen LogP contribution >= 0.6 is 15.9 Å². The van der Waals surface area contributed by atoms with Crippen molar-refractivity contribution in [2.75, 3.05) is 6.61 Å². The zero-order chi connectivity index (χ0) is 18.2. The van der Waals surface area contributed by atoms with Gasteiger partial charge < -0.3 is 19.7 Å². The maximum atomic E-state index is 11.4. The first-order chi connectivity index (χ1) is 12.0. The molecule has 2 N–H and O–H groups in total. The van der Waals surface area contributed by atoms with E-state index in [-0.39, 0.29) is 17.7 Å². The molecular formula is C18H17BrO6. The average molecular weight is 409 g/mol. The van der Waals surface area contributed by atoms with Gasteiger partial charge >= 0.3 is 11.9 Å². The minimum absolute atomic E-state index is 0.0855. The molecule has 2 aromatic rings. The summed E-state index contributed by atoms with van der Waals surface area (Å²) in [4.78, 5) is 22.3. The van der Waals surface area contributed by atoms with Crippen LogP contribution in [0, 0.1) is 0 Å². The van der Waals surface area contributed by atoms with Crippen LogP contribution in [0.3, 0.4) is 0 Å². The van der Waals surface area contributed by atoms with Gasteiger partial charge in [-0.3, -0.25) is 0 Å². The molecule has 0 saturated heterocycles. The van der Waals surface area contributed by atoms with Gasteiger partial charge in [0.1, 0.15) is 11.5 Å². The van der Waals surface area contributed by atoms with Crippen LogP contribution in [0.4, 0.5) is 0 Å². The van der Waals surface area contributed by atoms with E-state index in [1.807, 2.05) is 30.3 Å². The van der Waals surface area contributed by atoms with Crippen LogP contribution in [0.25, 0.3) is 0 Å². The minimum atomic E-state index is -1.09. The zero-order valence-electron chi connectivity index (χ0n) is 13.2. The first kappa shape index (κ1) is 18.8. The number of hydrogen-bond donors (Lipinski definition) is 2. The van der Waals surface area contributed by atoms with Crippen LogP contribution in [0.5, 0.6) is 11.5 Å². The molecular weight excluding hydrogens is 392 g/mol. The molecule has 0 radical (unpaired) electrons. The molecule has 1 atom stereocenters. The van der Waals surface area contributed by atoms with Gasteiger partial charge in [0.05, 0.1) is 16.6 Å². The predicted molar refractivity (Wildman–Crippen MR) is 94.3 cm³/mol. The van der Waals surface area contributed by atoms with Crippen LogP contribution < -0.4 is 9.47 Å². The second-order valence-electron chi connectivity index (χ2n) is 5.20. The average Bonchev–Trinajstić information content (AvgIpc) is 2.59. The molecule has 25 heavy (non-hydrogen) atoms. The Hall–Kier alpha value is -2.54. The number of rotatable bonds is 9. The molecule has 2 aromatic carbocycles. The van der Waals surface area contributed by atoms with Gasteiger partial charge in [0.15, 0.2) is 6.10 Å². The number of benzene rings is 2. The first-order valence-electron chi connectivity index (χ1n) is 7.57. The molecule has 0 aliphatic rings. The summed E-state index contributed by atoms with van der Waals surface area (Å²) in [5, 5.41) is 18.2. The molecule has 2 rings (SSSR count). The monoisotopic (exact) mass is 408 g/mol. The van der Waals surface area contributed by atoms with Crippen LogP contribution in [-0.2, 0) is 4.79 Å². The van der Waals surface area contributed by atoms with Crippen molar-refractivity contribution in [1.29, 1.82) is 0 Å². The Morgan fingerprint density at radius 3 is 2.40 bits per heavy atom. The Bertz CT molecular complexity index is 732. The normalized spacial score (nSPS) is 11.6. The Morgan fingerprint density at radius 2 is 1.80 bits per heavy atom. The summed E-state index contributed by atoms with van der Waals surface area (Å²) in [6, 6.07) is 13.4. The van der Waals surface area contributed by atoms with Crippen molar-refractivity contribution in [3.8, 4) is 11.5 Å². The molecule has 0 amide bonds. The Kier molecular flexibility index (Phi) is 6.82. The number of para-hydroxylation sites is 1. The maximum Gasteiger partial charge on any atom is 0.344 e. The van der Waals surface area contributed by atoms with Crippen molar-refractivity contribution in [2.24, 2.45) is 0 Å². The van der Waals surface area contributed by atoms with Crippen molar-refractivity contribution in [3.05, 3.63) is 58.6 Å². The van der Waals surface area contributed by atoms with Crippen molar-refractivity contribution < 1.29 is 29.3 Å². The standard InChI is InChI=1S/C18H17BrO6/c19-14-11-12(17(20)21)8-9-15(14)25-16(18(22)23)7-4-10-24-13-5-2-1-3-6-13/h1-3,5-6,8-9,11,16H,4,7,10H2,(H,20,21)(H,22,23). The maximum absolute atomic E-state index is 11.4. The third kappa shape index (κ3) is 5.79. The van der Waals surface area contributed by atoms with E-state index in [1.165, 1.54) is 18.2 Å². The van der Waals surface area contributed by atoms with Crippen molar-refractivity contribution in [1.82, 2.24) is 0 Å². The summed E-state index contributed by atoms with van der Waals surface area (Å²) in [6.07, 6.45) is -0.294. The lowest BCUT2D eigenvalue weighted by Gasteiger charge is -2.16. The van der Waals surface area contributed by atoms with E-state index in [0.29, 0.717) is 17.5 Å². The highest BCUT2D eigenvalue weighted by Crippen LogP contribution is 2.27. The van der Waals surface area contributed by atoms with Gasteiger partial charge in [0.25, 0.3) is 0 Å². The second-order valence-corrected chi connectivity index (χ2v) is 6.05. The molecule has 0 saturated carbocycles. The highest BCUT2D eigenvalue weighted by Gasteiger charge is 2.20. The molecule has 0 aliphatic heterocycles. The van der Waals surface area contributed by atoms with Crippen LogP contribution in [0.2, 0.25) is 0 Å². The first-order valence-corrected chi connectivity index (χ1v) is 8.37. The summed E-state index contributed by atoms with van der Waals surface area (Å²) in [6.45, 7) is 0.371. The molecule has 0 heterocycles. The van der Waals surface area contributed by atoms with E-state index in [2.05, 4.69) is 15.9 Å². The van der Waals surface area contributed by atoms with E-state index >= 15 is 0 Å². The Morgan fingerprint density at radius 1 is 1.08 bits per heavy atom. The van der Waals surface area contributed by atoms with E-state index in [9.17, 15) is 14.7 Å². The molecule has 6 nitrogen and oxygen atoms in total. The fourth-order valence-corrected chi connectivity index (χ4v) is 2.56. The fraction of sp³-hybridized carbons (Fsp3) is 0.222. The van der Waals surface area contributed by atoms with E-state index in [0.717, 1.165) is 5.75 Å². The fourth-order valence-electron chi connectivity index (χ4n) is 2.09. The summed E-state index contributed by atoms with van der Waals surface area (Å²) in [7, 11) is 0. The molecule has 1 unspecified atom stereocenters. The van der Waals surface area contributed by atoms with E-state index in [1.54, 1.807) is 0 Å². The third-order valence-electron chi connectivity index (χ3n) is 3.35. The molecule has 0 spiro atoms. The van der Waals surface area contributed by atoms with Gasteiger partial charge in [0, 0.05) is 0 Å². The van der Waals surface area contributed by atoms with Gasteiger partial charge in [-0.2, -0.15) is 0 Å². The van der Waals surface area contributed by atoms with Gasteiger partial charge in [-0.15, -0.1) is 0 Å². The minimum Gasteiger partial charge on any atom is -0.494 e. The topological polar surface area (TPSA) is 93.1 Å². The molecule has 0 aromatic heterocycles. The third-order valence-corrected chi connectivity index (χ3v) is 3.97. The Labute approximate surface area is 153 Å². The molecule has 132 valence electrons. The number of aliphatic carboxylic acids is 1. The van der Waals surface area contributed by atoms with Crippen LogP contribution in [0.15, 0.2) is 53.0 Å². The summed E-state index contributed by atoms with van der Waals surface area (Å²) >= 11 is 3.20. The molecule has 0 fully saturated rings. The highest BCUT2D eigenvalue weighted by atomic mass is 79.9. The van der Waals surface area contributed by atoms with E-state index in [4.69, 9.17) is 14.6 Å². The zero-order valence-corrected chi connectivity index (χ0v) is 14.8. The smallest absolute Gasteiger partial charge is 0.344 e. The molecule has 7 heteroatoms. The lowest BCUT2D eigenvalue weighted by Crippen LogP contribution is -2.27. The highest BCUT2D eigenvalue weighted by molar-refractivity contribution is 9.10. The van der Waals surface area contributed by atoms with Crippen molar-refractivity contribution in [3.63, 3.8) is 0 Å². The number of halogens is 1. The van der Waals surface area contributed by atoms with Gasteiger partial charge in [-0.1, -0.05) is 18.2 Å². The number of carbonyl (C=O) groups is 2. The van der Waals surface area contributed by atoms with Gasteiger partial charge in [0.2, 0.25) is 0 Å². The van der Waals surface area contributed by atoms with Crippen molar-refractivity contribution >= 4 is 27.9 Å². The molecule has 0 aliphatic carbocycles. The number of ether oxygens (including phenoxy) is 2. The lowest BCUT2D eigenvalue weighted by atomic mass is 10.2. The lowest BCUT2D eigenvalue weighted by molar-refractivity contribution is -0.145. The van der Waals surface area contributed by atoms with Crippen LogP contribution in [-0.4, -0.2) is 34.9 Å².